The minimum atomic E-state index is -0.469. The number of hydrogen-bond donors (Lipinski definition) is 0. The van der Waals surface area contributed by atoms with Crippen molar-refractivity contribution in [3.63, 3.8) is 0 Å². The molecule has 3 aromatic heterocycles. The molecule has 3 rings (SSSR count). The summed E-state index contributed by atoms with van der Waals surface area (Å²) in [5.41, 5.74) is 1.01. The molecule has 0 aromatic carbocycles. The maximum Gasteiger partial charge on any atom is 0.358 e. The van der Waals surface area contributed by atoms with Gasteiger partial charge >= 0.3 is 5.97 Å². The second-order valence-electron chi connectivity index (χ2n) is 4.80. The van der Waals surface area contributed by atoms with Crippen molar-refractivity contribution < 1.29 is 9.53 Å². The Kier molecular flexibility index (Phi) is 5.23. The molecule has 0 saturated heterocycles. The summed E-state index contributed by atoms with van der Waals surface area (Å²) in [6, 6.07) is 3.47. The number of carbonyl (C=O) groups is 1. The van der Waals surface area contributed by atoms with Gasteiger partial charge < -0.3 is 4.74 Å². The van der Waals surface area contributed by atoms with Gasteiger partial charge in [-0.1, -0.05) is 11.8 Å². The Morgan fingerprint density at radius 1 is 1.32 bits per heavy atom. The summed E-state index contributed by atoms with van der Waals surface area (Å²) in [5, 5.41) is 21.3. The first-order chi connectivity index (χ1) is 12.2. The van der Waals surface area contributed by atoms with Crippen molar-refractivity contribution in [1.82, 2.24) is 34.4 Å². The lowest BCUT2D eigenvalue weighted by Gasteiger charge is -2.01. The Balaban J connectivity index is 1.63. The fraction of sp³-hybridized carbons (Fsp3) is 0.286. The lowest BCUT2D eigenvalue weighted by molar-refractivity contribution is 0.0593. The number of thioether (sulfide) groups is 1. The number of esters is 1. The van der Waals surface area contributed by atoms with Crippen LogP contribution in [0.2, 0.25) is 0 Å². The summed E-state index contributed by atoms with van der Waals surface area (Å²) in [7, 11) is 1.32. The van der Waals surface area contributed by atoms with Gasteiger partial charge in [0.2, 0.25) is 5.16 Å². The summed E-state index contributed by atoms with van der Waals surface area (Å²) >= 11 is 1.38. The van der Waals surface area contributed by atoms with Crippen LogP contribution < -0.4 is 0 Å². The summed E-state index contributed by atoms with van der Waals surface area (Å²) in [6.07, 6.45) is 6.74. The molecule has 3 aromatic rings. The van der Waals surface area contributed by atoms with Crippen LogP contribution in [0.1, 0.15) is 23.1 Å². The zero-order valence-corrected chi connectivity index (χ0v) is 14.5. The zero-order chi connectivity index (χ0) is 17.6. The monoisotopic (exact) mass is 360 g/mol. The predicted molar refractivity (Wildman–Crippen MR) is 90.3 cm³/mol. The number of carbonyl (C=O) groups excluding carboxylic acids is 1. The fourth-order valence-electron chi connectivity index (χ4n) is 1.91. The second-order valence-corrected chi connectivity index (χ2v) is 5.72. The van der Waals surface area contributed by atoms with Crippen molar-refractivity contribution in [3.8, 4) is 0 Å². The van der Waals surface area contributed by atoms with Gasteiger partial charge in [-0.05, 0) is 19.1 Å². The molecule has 0 aliphatic carbocycles. The number of nitrogens with zero attached hydrogens (tertiary/aromatic N) is 8. The van der Waals surface area contributed by atoms with Crippen molar-refractivity contribution in [2.24, 2.45) is 5.10 Å². The summed E-state index contributed by atoms with van der Waals surface area (Å²) < 4.78 is 9.62. The van der Waals surface area contributed by atoms with E-state index in [4.69, 9.17) is 0 Å². The molecule has 0 N–H and O–H groups in total. The third-order valence-electron chi connectivity index (χ3n) is 3.16. The molecular formula is C14H16N8O2S. The molecule has 130 valence electrons. The molecule has 0 atom stereocenters. The van der Waals surface area contributed by atoms with E-state index in [9.17, 15) is 4.79 Å². The van der Waals surface area contributed by atoms with E-state index in [1.54, 1.807) is 27.8 Å². The van der Waals surface area contributed by atoms with Crippen LogP contribution in [-0.2, 0) is 17.2 Å². The molecule has 0 aliphatic heterocycles. The quantitative estimate of drug-likeness (QED) is 0.353. The molecule has 0 spiro atoms. The first-order valence-electron chi connectivity index (χ1n) is 7.42. The normalized spacial score (nSPS) is 11.3. The molecule has 11 heteroatoms. The van der Waals surface area contributed by atoms with Crippen molar-refractivity contribution in [2.45, 2.75) is 24.5 Å². The highest BCUT2D eigenvalue weighted by Gasteiger charge is 2.10. The molecule has 0 unspecified atom stereocenters. The van der Waals surface area contributed by atoms with Gasteiger partial charge in [0.05, 0.1) is 19.2 Å². The number of ether oxygens (including phenoxy) is 1. The highest BCUT2D eigenvalue weighted by atomic mass is 32.2. The van der Waals surface area contributed by atoms with E-state index < -0.39 is 5.97 Å². The van der Waals surface area contributed by atoms with Crippen LogP contribution in [0.5, 0.6) is 0 Å². The van der Waals surface area contributed by atoms with Crippen molar-refractivity contribution in [2.75, 3.05) is 7.11 Å². The summed E-state index contributed by atoms with van der Waals surface area (Å²) in [6.45, 7) is 2.82. The maximum atomic E-state index is 11.4. The van der Waals surface area contributed by atoms with E-state index in [1.807, 2.05) is 23.9 Å². The SMILES string of the molecule is CCn1ccc(C=Nn2cnnc2SCn2ccc(C(=O)OC)n2)n1. The van der Waals surface area contributed by atoms with Crippen LogP contribution >= 0.6 is 11.8 Å². The van der Waals surface area contributed by atoms with Gasteiger partial charge in [0, 0.05) is 18.9 Å². The van der Waals surface area contributed by atoms with E-state index in [0.29, 0.717) is 11.0 Å². The Morgan fingerprint density at radius 3 is 2.92 bits per heavy atom. The van der Waals surface area contributed by atoms with Crippen LogP contribution in [0.3, 0.4) is 0 Å². The van der Waals surface area contributed by atoms with Crippen molar-refractivity contribution >= 4 is 23.9 Å². The van der Waals surface area contributed by atoms with Gasteiger partial charge in [-0.2, -0.15) is 20.0 Å². The van der Waals surface area contributed by atoms with Crippen LogP contribution in [0, 0.1) is 0 Å². The molecule has 10 nitrogen and oxygen atoms in total. The Labute approximate surface area is 147 Å². The number of aromatic nitrogens is 7. The van der Waals surface area contributed by atoms with Crippen molar-refractivity contribution in [1.29, 1.82) is 0 Å². The highest BCUT2D eigenvalue weighted by molar-refractivity contribution is 7.98. The summed E-state index contributed by atoms with van der Waals surface area (Å²) in [4.78, 5) is 11.4. The third kappa shape index (κ3) is 4.12. The van der Waals surface area contributed by atoms with Crippen molar-refractivity contribution in [3.05, 3.63) is 42.2 Å². The zero-order valence-electron chi connectivity index (χ0n) is 13.7. The number of aryl methyl sites for hydroxylation is 1. The minimum absolute atomic E-state index is 0.258. The molecule has 0 saturated carbocycles. The molecule has 0 fully saturated rings. The smallest absolute Gasteiger partial charge is 0.358 e. The van der Waals surface area contributed by atoms with Gasteiger partial charge in [-0.15, -0.1) is 10.2 Å². The molecule has 0 amide bonds. The number of rotatable bonds is 7. The van der Waals surface area contributed by atoms with Crippen LogP contribution in [-0.4, -0.2) is 53.7 Å². The molecule has 25 heavy (non-hydrogen) atoms. The van der Waals surface area contributed by atoms with Crippen LogP contribution in [0.15, 0.2) is 41.1 Å². The van der Waals surface area contributed by atoms with Gasteiger partial charge in [-0.3, -0.25) is 9.36 Å². The highest BCUT2D eigenvalue weighted by Crippen LogP contribution is 2.16. The largest absolute Gasteiger partial charge is 0.464 e. The maximum absolute atomic E-state index is 11.4. The van der Waals surface area contributed by atoms with E-state index in [-0.39, 0.29) is 5.69 Å². The molecule has 0 bridgehead atoms. The van der Waals surface area contributed by atoms with Crippen LogP contribution in [0.25, 0.3) is 0 Å². The van der Waals surface area contributed by atoms with Gasteiger partial charge in [0.15, 0.2) is 5.69 Å². The Bertz CT molecular complexity index is 881. The Morgan fingerprint density at radius 2 is 2.16 bits per heavy atom. The van der Waals surface area contributed by atoms with E-state index in [1.165, 1.54) is 25.2 Å². The van der Waals surface area contributed by atoms with Gasteiger partial charge in [0.25, 0.3) is 0 Å². The lowest BCUT2D eigenvalue weighted by atomic mass is 10.4. The summed E-state index contributed by atoms with van der Waals surface area (Å²) in [5.74, 6) is -0.0154. The first kappa shape index (κ1) is 16.9. The van der Waals surface area contributed by atoms with Gasteiger partial charge in [0.1, 0.15) is 12.0 Å². The Hall–Kier alpha value is -2.95. The van der Waals surface area contributed by atoms with E-state index >= 15 is 0 Å². The van der Waals surface area contributed by atoms with Gasteiger partial charge in [-0.25, -0.2) is 4.79 Å². The minimum Gasteiger partial charge on any atom is -0.464 e. The molecular weight excluding hydrogens is 344 g/mol. The fourth-order valence-corrected chi connectivity index (χ4v) is 2.63. The lowest BCUT2D eigenvalue weighted by Crippen LogP contribution is -2.04. The molecule has 0 aliphatic rings. The standard InChI is InChI=1S/C14H16N8O2S/c1-3-20-6-4-11(18-20)8-16-22-9-15-17-14(22)25-10-21-7-5-12(19-21)13(23)24-2/h4-9H,3,10H2,1-2H3. The second kappa shape index (κ2) is 7.75. The number of hydrogen-bond acceptors (Lipinski definition) is 8. The average molecular weight is 360 g/mol. The molecule has 0 radical (unpaired) electrons. The van der Waals surface area contributed by atoms with E-state index in [0.717, 1.165) is 12.2 Å². The number of methoxy groups -OCH3 is 1. The topological polar surface area (TPSA) is 105 Å². The molecule has 3 heterocycles. The van der Waals surface area contributed by atoms with E-state index in [2.05, 4.69) is 30.2 Å². The third-order valence-corrected chi connectivity index (χ3v) is 4.08. The van der Waals surface area contributed by atoms with Crippen LogP contribution in [0.4, 0.5) is 0 Å². The predicted octanol–water partition coefficient (Wildman–Crippen LogP) is 1.11. The average Bonchev–Trinajstić information content (AvgIpc) is 3.37. The first-order valence-corrected chi connectivity index (χ1v) is 8.40.